The van der Waals surface area contributed by atoms with E-state index in [1.54, 1.807) is 11.3 Å². The molecular formula is C11H9BrOS. The Hall–Kier alpha value is -0.670. The molecule has 0 N–H and O–H groups in total. The summed E-state index contributed by atoms with van der Waals surface area (Å²) in [6, 6.07) is 3.91. The monoisotopic (exact) mass is 268 g/mol. The van der Waals surface area contributed by atoms with Gasteiger partial charge in [0.05, 0.1) is 0 Å². The highest BCUT2D eigenvalue weighted by molar-refractivity contribution is 9.08. The number of alkyl halides is 1. The minimum atomic E-state index is 0.794. The zero-order chi connectivity index (χ0) is 10.1. The van der Waals surface area contributed by atoms with Gasteiger partial charge in [-0.1, -0.05) is 22.0 Å². The van der Waals surface area contributed by atoms with Crippen molar-refractivity contribution in [3.63, 3.8) is 0 Å². The third-order valence-corrected chi connectivity index (χ3v) is 4.04. The molecule has 1 nitrogen and oxygen atoms in total. The Morgan fingerprint density at radius 3 is 2.93 bits per heavy atom. The van der Waals surface area contributed by atoms with Crippen molar-refractivity contribution >= 4 is 43.6 Å². The standard InChI is InChI=1S/C11H9BrOS/c1-7-6-14-11-9(5-13)3-2-8(4-12)10(7)11/h2-3,5-6H,4H2,1H3. The molecule has 0 saturated carbocycles. The number of carbonyl (C=O) groups is 1. The quantitative estimate of drug-likeness (QED) is 0.596. The van der Waals surface area contributed by atoms with Crippen LogP contribution in [0.5, 0.6) is 0 Å². The third-order valence-electron chi connectivity index (χ3n) is 2.29. The van der Waals surface area contributed by atoms with Gasteiger partial charge in [-0.2, -0.15) is 0 Å². The van der Waals surface area contributed by atoms with E-state index in [9.17, 15) is 4.79 Å². The van der Waals surface area contributed by atoms with E-state index in [2.05, 4.69) is 28.2 Å². The lowest BCUT2D eigenvalue weighted by Crippen LogP contribution is -1.85. The van der Waals surface area contributed by atoms with Crippen molar-refractivity contribution in [2.75, 3.05) is 0 Å². The first kappa shape index (κ1) is 9.87. The molecule has 0 fully saturated rings. The van der Waals surface area contributed by atoms with Crippen LogP contribution in [0.3, 0.4) is 0 Å². The van der Waals surface area contributed by atoms with Gasteiger partial charge in [0.15, 0.2) is 6.29 Å². The van der Waals surface area contributed by atoms with Gasteiger partial charge in [0, 0.05) is 21.0 Å². The van der Waals surface area contributed by atoms with Gasteiger partial charge in [-0.15, -0.1) is 11.3 Å². The molecule has 2 aromatic rings. The van der Waals surface area contributed by atoms with Crippen LogP contribution >= 0.6 is 27.3 Å². The zero-order valence-corrected chi connectivity index (χ0v) is 10.1. The van der Waals surface area contributed by atoms with Gasteiger partial charge in [0.25, 0.3) is 0 Å². The van der Waals surface area contributed by atoms with E-state index in [0.717, 1.165) is 21.9 Å². The number of hydrogen-bond donors (Lipinski definition) is 0. The van der Waals surface area contributed by atoms with E-state index >= 15 is 0 Å². The lowest BCUT2D eigenvalue weighted by atomic mass is 10.1. The Balaban J connectivity index is 2.87. The Morgan fingerprint density at radius 2 is 2.29 bits per heavy atom. The number of halogens is 1. The van der Waals surface area contributed by atoms with Gasteiger partial charge in [-0.05, 0) is 29.5 Å². The van der Waals surface area contributed by atoms with Crippen LogP contribution in [0.4, 0.5) is 0 Å². The van der Waals surface area contributed by atoms with Gasteiger partial charge in [-0.3, -0.25) is 4.79 Å². The number of rotatable bonds is 2. The molecule has 0 aliphatic carbocycles. The average molecular weight is 269 g/mol. The molecule has 0 amide bonds. The van der Waals surface area contributed by atoms with E-state index in [-0.39, 0.29) is 0 Å². The Morgan fingerprint density at radius 1 is 1.50 bits per heavy atom. The lowest BCUT2D eigenvalue weighted by molar-refractivity contribution is 0.112. The average Bonchev–Trinajstić information content (AvgIpc) is 2.60. The van der Waals surface area contributed by atoms with E-state index in [1.807, 2.05) is 12.1 Å². The van der Waals surface area contributed by atoms with Gasteiger partial charge in [-0.25, -0.2) is 0 Å². The van der Waals surface area contributed by atoms with Gasteiger partial charge >= 0.3 is 0 Å². The molecular weight excluding hydrogens is 260 g/mol. The highest BCUT2D eigenvalue weighted by atomic mass is 79.9. The number of fused-ring (bicyclic) bond motifs is 1. The summed E-state index contributed by atoms with van der Waals surface area (Å²) in [6.45, 7) is 2.08. The number of hydrogen-bond acceptors (Lipinski definition) is 2. The molecule has 1 heterocycles. The van der Waals surface area contributed by atoms with E-state index < -0.39 is 0 Å². The topological polar surface area (TPSA) is 17.1 Å². The van der Waals surface area contributed by atoms with Crippen molar-refractivity contribution in [2.45, 2.75) is 12.3 Å². The number of aldehydes is 1. The molecule has 14 heavy (non-hydrogen) atoms. The number of thiophene rings is 1. The number of benzene rings is 1. The summed E-state index contributed by atoms with van der Waals surface area (Å²) >= 11 is 5.10. The Kier molecular flexibility index (Phi) is 2.70. The molecule has 0 saturated heterocycles. The molecule has 72 valence electrons. The predicted octanol–water partition coefficient (Wildman–Crippen LogP) is 3.92. The van der Waals surface area contributed by atoms with Crippen molar-refractivity contribution in [1.29, 1.82) is 0 Å². The van der Waals surface area contributed by atoms with Crippen molar-refractivity contribution in [2.24, 2.45) is 0 Å². The zero-order valence-electron chi connectivity index (χ0n) is 7.71. The van der Waals surface area contributed by atoms with Crippen LogP contribution in [-0.2, 0) is 5.33 Å². The predicted molar refractivity (Wildman–Crippen MR) is 64.6 cm³/mol. The van der Waals surface area contributed by atoms with Crippen molar-refractivity contribution in [3.05, 3.63) is 34.2 Å². The normalized spacial score (nSPS) is 10.7. The van der Waals surface area contributed by atoms with Gasteiger partial charge in [0.1, 0.15) is 0 Å². The third kappa shape index (κ3) is 1.41. The molecule has 0 unspecified atom stereocenters. The fraction of sp³-hybridized carbons (Fsp3) is 0.182. The molecule has 1 aromatic carbocycles. The molecule has 0 aliphatic rings. The second-order valence-corrected chi connectivity index (χ2v) is 4.63. The van der Waals surface area contributed by atoms with Crippen molar-refractivity contribution in [3.8, 4) is 0 Å². The maximum Gasteiger partial charge on any atom is 0.151 e. The maximum atomic E-state index is 10.8. The first-order valence-corrected chi connectivity index (χ1v) is 6.29. The first-order valence-electron chi connectivity index (χ1n) is 4.28. The minimum Gasteiger partial charge on any atom is -0.298 e. The van der Waals surface area contributed by atoms with E-state index in [1.165, 1.54) is 16.5 Å². The fourth-order valence-corrected chi connectivity index (χ4v) is 3.15. The first-order chi connectivity index (χ1) is 6.77. The van der Waals surface area contributed by atoms with Crippen molar-refractivity contribution in [1.82, 2.24) is 0 Å². The van der Waals surface area contributed by atoms with E-state index in [0.29, 0.717) is 0 Å². The van der Waals surface area contributed by atoms with Crippen LogP contribution in [0.15, 0.2) is 17.5 Å². The second-order valence-electron chi connectivity index (χ2n) is 3.19. The SMILES string of the molecule is Cc1csc2c(C=O)ccc(CBr)c12. The maximum absolute atomic E-state index is 10.8. The highest BCUT2D eigenvalue weighted by Crippen LogP contribution is 2.31. The van der Waals surface area contributed by atoms with Crippen LogP contribution in [0.2, 0.25) is 0 Å². The summed E-state index contributed by atoms with van der Waals surface area (Å²) in [5.74, 6) is 0. The summed E-state index contributed by atoms with van der Waals surface area (Å²) in [6.07, 6.45) is 0.927. The number of aryl methyl sites for hydroxylation is 1. The summed E-state index contributed by atoms with van der Waals surface area (Å²) in [7, 11) is 0. The number of carbonyl (C=O) groups excluding carboxylic acids is 1. The Bertz CT molecular complexity index is 487. The smallest absolute Gasteiger partial charge is 0.151 e. The molecule has 0 spiro atoms. The van der Waals surface area contributed by atoms with Crippen LogP contribution in [0, 0.1) is 6.92 Å². The molecule has 1 aromatic heterocycles. The largest absolute Gasteiger partial charge is 0.298 e. The summed E-state index contributed by atoms with van der Waals surface area (Å²) in [4.78, 5) is 10.8. The second kappa shape index (κ2) is 3.83. The van der Waals surface area contributed by atoms with Crippen LogP contribution in [0.25, 0.3) is 10.1 Å². The fourth-order valence-electron chi connectivity index (χ4n) is 1.61. The summed E-state index contributed by atoms with van der Waals surface area (Å²) in [5.41, 5.74) is 3.30. The Labute approximate surface area is 94.9 Å². The molecule has 2 rings (SSSR count). The molecule has 0 atom stereocenters. The highest BCUT2D eigenvalue weighted by Gasteiger charge is 2.08. The molecule has 0 radical (unpaired) electrons. The minimum absolute atomic E-state index is 0.794. The molecule has 0 aliphatic heterocycles. The summed E-state index contributed by atoms with van der Waals surface area (Å²) in [5, 5.41) is 4.17. The lowest BCUT2D eigenvalue weighted by Gasteiger charge is -2.01. The van der Waals surface area contributed by atoms with Crippen LogP contribution in [0.1, 0.15) is 21.5 Å². The van der Waals surface area contributed by atoms with Gasteiger partial charge in [0.2, 0.25) is 0 Å². The molecule has 0 bridgehead atoms. The summed E-state index contributed by atoms with van der Waals surface area (Å²) < 4.78 is 1.11. The van der Waals surface area contributed by atoms with Crippen LogP contribution < -0.4 is 0 Å². The van der Waals surface area contributed by atoms with Gasteiger partial charge < -0.3 is 0 Å². The van der Waals surface area contributed by atoms with Crippen LogP contribution in [-0.4, -0.2) is 6.29 Å². The molecule has 3 heteroatoms. The van der Waals surface area contributed by atoms with Crippen molar-refractivity contribution < 1.29 is 4.79 Å². The van der Waals surface area contributed by atoms with E-state index in [4.69, 9.17) is 0 Å².